The lowest BCUT2D eigenvalue weighted by Crippen LogP contribution is -2.48. The Bertz CT molecular complexity index is 540. The first-order valence-electron chi connectivity index (χ1n) is 8.45. The second kappa shape index (κ2) is 12.4. The van der Waals surface area contributed by atoms with Gasteiger partial charge in [0.1, 0.15) is 5.75 Å². The fraction of sp³-hybridized carbons (Fsp3) is 0.611. The number of amides is 1. The first kappa shape index (κ1) is 24.9. The number of para-hydroxylation sites is 1. The third-order valence-electron chi connectivity index (χ3n) is 4.67. The van der Waals surface area contributed by atoms with Gasteiger partial charge in [0.25, 0.3) is 0 Å². The highest BCUT2D eigenvalue weighted by Crippen LogP contribution is 2.27. The molecule has 1 aromatic carbocycles. The lowest BCUT2D eigenvalue weighted by Gasteiger charge is -2.29. The van der Waals surface area contributed by atoms with Crippen LogP contribution in [0.1, 0.15) is 24.4 Å². The molecule has 2 rings (SSSR count). The van der Waals surface area contributed by atoms with Gasteiger partial charge in [-0.1, -0.05) is 18.2 Å². The Hall–Kier alpha value is -1.05. The quantitative estimate of drug-likeness (QED) is 0.722. The molecule has 1 aliphatic rings. The van der Waals surface area contributed by atoms with Gasteiger partial charge in [0.2, 0.25) is 5.91 Å². The normalized spacial score (nSPS) is 16.8. The monoisotopic (exact) mass is 407 g/mol. The molecule has 0 saturated carbocycles. The van der Waals surface area contributed by atoms with Crippen LogP contribution in [0.15, 0.2) is 24.3 Å². The van der Waals surface area contributed by atoms with Crippen LogP contribution in [0.2, 0.25) is 0 Å². The average molecular weight is 408 g/mol. The van der Waals surface area contributed by atoms with Crippen LogP contribution in [-0.2, 0) is 9.53 Å². The Morgan fingerprint density at radius 3 is 2.50 bits per heavy atom. The van der Waals surface area contributed by atoms with Gasteiger partial charge in [-0.25, -0.2) is 0 Å². The molecule has 0 aromatic heterocycles. The minimum absolute atomic E-state index is 0. The number of carbonyl (C=O) groups excluding carboxylic acids is 1. The predicted octanol–water partition coefficient (Wildman–Crippen LogP) is 2.01. The summed E-state index contributed by atoms with van der Waals surface area (Å²) in [5.74, 6) is 0.922. The highest BCUT2D eigenvalue weighted by molar-refractivity contribution is 5.85. The number of halogens is 2. The van der Waals surface area contributed by atoms with Gasteiger partial charge >= 0.3 is 0 Å². The molecule has 2 atom stereocenters. The van der Waals surface area contributed by atoms with Crippen molar-refractivity contribution < 1.29 is 14.3 Å². The van der Waals surface area contributed by atoms with E-state index in [0.29, 0.717) is 19.8 Å². The van der Waals surface area contributed by atoms with Gasteiger partial charge in [-0.2, -0.15) is 0 Å². The fourth-order valence-electron chi connectivity index (χ4n) is 3.12. The highest BCUT2D eigenvalue weighted by Gasteiger charge is 2.27. The van der Waals surface area contributed by atoms with Crippen molar-refractivity contribution in [2.45, 2.75) is 24.9 Å². The highest BCUT2D eigenvalue weighted by atomic mass is 35.5. The number of carbonyl (C=O) groups is 1. The zero-order chi connectivity index (χ0) is 17.5. The van der Waals surface area contributed by atoms with E-state index in [-0.39, 0.29) is 42.7 Å². The Morgan fingerprint density at radius 2 is 1.92 bits per heavy atom. The van der Waals surface area contributed by atoms with Crippen molar-refractivity contribution in [1.29, 1.82) is 0 Å². The molecule has 0 aliphatic carbocycles. The maximum absolute atomic E-state index is 12.4. The molecule has 1 aliphatic heterocycles. The Kier molecular flexibility index (Phi) is 11.9. The van der Waals surface area contributed by atoms with Crippen molar-refractivity contribution in [3.63, 3.8) is 0 Å². The van der Waals surface area contributed by atoms with Crippen molar-refractivity contribution in [3.05, 3.63) is 29.8 Å². The summed E-state index contributed by atoms with van der Waals surface area (Å²) in [6.45, 7) is 1.86. The molecule has 1 amide bonds. The van der Waals surface area contributed by atoms with E-state index < -0.39 is 6.04 Å². The first-order valence-corrected chi connectivity index (χ1v) is 8.45. The largest absolute Gasteiger partial charge is 0.496 e. The second-order valence-electron chi connectivity index (χ2n) is 6.44. The van der Waals surface area contributed by atoms with E-state index >= 15 is 0 Å². The lowest BCUT2D eigenvalue weighted by atomic mass is 9.92. The number of nitrogens with two attached hydrogens (primary N) is 1. The van der Waals surface area contributed by atoms with Crippen LogP contribution in [0, 0.1) is 5.92 Å². The maximum atomic E-state index is 12.4. The number of nitrogens with zero attached hydrogens (tertiary/aromatic N) is 1. The lowest BCUT2D eigenvalue weighted by molar-refractivity contribution is -0.124. The van der Waals surface area contributed by atoms with E-state index in [0.717, 1.165) is 24.2 Å². The predicted molar refractivity (Wildman–Crippen MR) is 108 cm³/mol. The minimum Gasteiger partial charge on any atom is -0.496 e. The van der Waals surface area contributed by atoms with E-state index in [1.807, 2.05) is 38.4 Å². The fourth-order valence-corrected chi connectivity index (χ4v) is 3.12. The van der Waals surface area contributed by atoms with Gasteiger partial charge in [-0.05, 0) is 38.9 Å². The topological polar surface area (TPSA) is 76.8 Å². The smallest absolute Gasteiger partial charge is 0.237 e. The molecular weight excluding hydrogens is 377 g/mol. The van der Waals surface area contributed by atoms with Gasteiger partial charge < -0.3 is 25.4 Å². The number of benzene rings is 1. The molecule has 26 heavy (non-hydrogen) atoms. The summed E-state index contributed by atoms with van der Waals surface area (Å²) in [7, 11) is 5.63. The van der Waals surface area contributed by atoms with E-state index in [2.05, 4.69) is 10.2 Å². The summed E-state index contributed by atoms with van der Waals surface area (Å²) >= 11 is 0. The number of methoxy groups -OCH3 is 1. The summed E-state index contributed by atoms with van der Waals surface area (Å²) < 4.78 is 10.8. The molecule has 0 spiro atoms. The van der Waals surface area contributed by atoms with Gasteiger partial charge in [0.15, 0.2) is 0 Å². The van der Waals surface area contributed by atoms with Crippen LogP contribution < -0.4 is 15.8 Å². The van der Waals surface area contributed by atoms with Crippen molar-refractivity contribution in [1.82, 2.24) is 10.2 Å². The second-order valence-corrected chi connectivity index (χ2v) is 6.44. The summed E-state index contributed by atoms with van der Waals surface area (Å²) in [6, 6.07) is 7.41. The molecule has 6 nitrogen and oxygen atoms in total. The van der Waals surface area contributed by atoms with Crippen LogP contribution in [0.3, 0.4) is 0 Å². The Morgan fingerprint density at radius 1 is 1.31 bits per heavy atom. The summed E-state index contributed by atoms with van der Waals surface area (Å²) in [4.78, 5) is 14.5. The summed E-state index contributed by atoms with van der Waals surface area (Å²) in [5, 5.41) is 3.01. The SMILES string of the molecule is COc1ccccc1C(CNC(=O)C(N)C1CCOCC1)N(C)C.Cl.Cl. The number of likely N-dealkylation sites (N-methyl/N-ethyl adjacent to an activating group) is 1. The van der Waals surface area contributed by atoms with Crippen molar-refractivity contribution in [2.24, 2.45) is 11.7 Å². The molecule has 150 valence electrons. The number of ether oxygens (including phenoxy) is 2. The maximum Gasteiger partial charge on any atom is 0.237 e. The molecule has 1 saturated heterocycles. The van der Waals surface area contributed by atoms with Crippen LogP contribution in [0.5, 0.6) is 5.75 Å². The molecule has 1 aromatic rings. The van der Waals surface area contributed by atoms with E-state index in [9.17, 15) is 4.79 Å². The van der Waals surface area contributed by atoms with Crippen LogP contribution in [0.4, 0.5) is 0 Å². The number of rotatable bonds is 7. The third kappa shape index (κ3) is 6.59. The molecule has 0 radical (unpaired) electrons. The van der Waals surface area contributed by atoms with Crippen LogP contribution in [0.25, 0.3) is 0 Å². The Balaban J connectivity index is 0.00000312. The van der Waals surface area contributed by atoms with Crippen molar-refractivity contribution in [3.8, 4) is 5.75 Å². The van der Waals surface area contributed by atoms with Gasteiger partial charge in [0.05, 0.1) is 19.2 Å². The molecule has 1 fully saturated rings. The number of hydrogen-bond acceptors (Lipinski definition) is 5. The third-order valence-corrected chi connectivity index (χ3v) is 4.67. The number of hydrogen-bond donors (Lipinski definition) is 2. The van der Waals surface area contributed by atoms with Gasteiger partial charge in [-0.15, -0.1) is 24.8 Å². The Labute approximate surface area is 168 Å². The van der Waals surface area contributed by atoms with E-state index in [1.165, 1.54) is 0 Å². The van der Waals surface area contributed by atoms with Crippen LogP contribution >= 0.6 is 24.8 Å². The zero-order valence-corrected chi connectivity index (χ0v) is 17.3. The summed E-state index contributed by atoms with van der Waals surface area (Å²) in [6.07, 6.45) is 1.69. The van der Waals surface area contributed by atoms with E-state index in [4.69, 9.17) is 15.2 Å². The van der Waals surface area contributed by atoms with Gasteiger partial charge in [-0.3, -0.25) is 4.79 Å². The standard InChI is InChI=1S/C18H29N3O3.2ClH/c1-21(2)15(14-6-4-5-7-16(14)23-3)12-20-18(22)17(19)13-8-10-24-11-9-13;;/h4-7,13,15,17H,8-12,19H2,1-3H3,(H,20,22);2*1H. The molecule has 3 N–H and O–H groups in total. The van der Waals surface area contributed by atoms with Crippen molar-refractivity contribution in [2.75, 3.05) is 41.0 Å². The first-order chi connectivity index (χ1) is 11.5. The molecular formula is C18H31Cl2N3O3. The summed E-state index contributed by atoms with van der Waals surface area (Å²) in [5.41, 5.74) is 7.19. The van der Waals surface area contributed by atoms with Crippen LogP contribution in [-0.4, -0.2) is 57.8 Å². The number of nitrogens with one attached hydrogen (secondary N) is 1. The van der Waals surface area contributed by atoms with E-state index in [1.54, 1.807) is 7.11 Å². The average Bonchev–Trinajstić information content (AvgIpc) is 2.62. The molecule has 1 heterocycles. The zero-order valence-electron chi connectivity index (χ0n) is 15.6. The van der Waals surface area contributed by atoms with Crippen molar-refractivity contribution >= 4 is 30.7 Å². The minimum atomic E-state index is -0.477. The molecule has 8 heteroatoms. The molecule has 0 bridgehead atoms. The van der Waals surface area contributed by atoms with Gasteiger partial charge in [0, 0.05) is 25.3 Å². The molecule has 2 unspecified atom stereocenters.